The summed E-state index contributed by atoms with van der Waals surface area (Å²) in [5, 5.41) is 3.06. The highest BCUT2D eigenvalue weighted by Gasteiger charge is 2.40. The Hall–Kier alpha value is -1.51. The molecule has 3 rings (SSSR count). The third-order valence-corrected chi connectivity index (χ3v) is 4.36. The number of benzene rings is 1. The van der Waals surface area contributed by atoms with E-state index in [9.17, 15) is 4.79 Å². The molecule has 108 valence electrons. The topological polar surface area (TPSA) is 38.3 Å². The van der Waals surface area contributed by atoms with E-state index in [2.05, 4.69) is 23.5 Å². The van der Waals surface area contributed by atoms with Crippen molar-refractivity contribution in [2.45, 2.75) is 44.9 Å². The van der Waals surface area contributed by atoms with Gasteiger partial charge in [-0.2, -0.15) is 0 Å². The maximum absolute atomic E-state index is 11.5. The molecule has 2 aliphatic rings. The molecule has 0 spiro atoms. The first-order chi connectivity index (χ1) is 9.79. The number of carbonyl (C=O) groups is 1. The second-order valence-corrected chi connectivity index (χ2v) is 5.93. The Kier molecular flexibility index (Phi) is 3.95. The summed E-state index contributed by atoms with van der Waals surface area (Å²) < 4.78 is 5.74. The van der Waals surface area contributed by atoms with E-state index < -0.39 is 0 Å². The number of carbonyl (C=O) groups excluding carboxylic acids is 1. The van der Waals surface area contributed by atoms with Crippen molar-refractivity contribution in [1.82, 2.24) is 5.32 Å². The number of fused-ring (bicyclic) bond motifs is 1. The molecule has 1 amide bonds. The Bertz CT molecular complexity index is 498. The zero-order valence-electron chi connectivity index (χ0n) is 12.2. The maximum Gasteiger partial charge on any atom is 0.219 e. The predicted octanol–water partition coefficient (Wildman–Crippen LogP) is 3.03. The SMILES string of the molecule is CCCC(=O)NCC1CC1c1cccc2c1CCCO2. The van der Waals surface area contributed by atoms with Crippen molar-refractivity contribution in [1.29, 1.82) is 0 Å². The summed E-state index contributed by atoms with van der Waals surface area (Å²) >= 11 is 0. The molecule has 0 aromatic heterocycles. The molecular weight excluding hydrogens is 250 g/mol. The van der Waals surface area contributed by atoms with Crippen LogP contribution >= 0.6 is 0 Å². The van der Waals surface area contributed by atoms with Crippen LogP contribution in [0.5, 0.6) is 5.75 Å². The molecule has 1 aromatic carbocycles. The van der Waals surface area contributed by atoms with Crippen molar-refractivity contribution >= 4 is 5.91 Å². The average Bonchev–Trinajstić information content (AvgIpc) is 3.24. The number of hydrogen-bond acceptors (Lipinski definition) is 2. The number of rotatable bonds is 5. The Morgan fingerprint density at radius 1 is 1.45 bits per heavy atom. The lowest BCUT2D eigenvalue weighted by atomic mass is 9.96. The maximum atomic E-state index is 11.5. The molecule has 1 N–H and O–H groups in total. The van der Waals surface area contributed by atoms with Crippen molar-refractivity contribution in [2.75, 3.05) is 13.2 Å². The third-order valence-electron chi connectivity index (χ3n) is 4.36. The zero-order valence-corrected chi connectivity index (χ0v) is 12.2. The summed E-state index contributed by atoms with van der Waals surface area (Å²) in [7, 11) is 0. The molecule has 1 aliphatic heterocycles. The van der Waals surface area contributed by atoms with E-state index >= 15 is 0 Å². The van der Waals surface area contributed by atoms with Gasteiger partial charge in [0.05, 0.1) is 6.61 Å². The molecule has 1 aliphatic carbocycles. The molecule has 0 saturated heterocycles. The summed E-state index contributed by atoms with van der Waals surface area (Å²) in [5.41, 5.74) is 2.86. The summed E-state index contributed by atoms with van der Waals surface area (Å²) in [6, 6.07) is 6.43. The molecule has 0 radical (unpaired) electrons. The minimum atomic E-state index is 0.191. The zero-order chi connectivity index (χ0) is 13.9. The van der Waals surface area contributed by atoms with E-state index in [-0.39, 0.29) is 5.91 Å². The highest BCUT2D eigenvalue weighted by molar-refractivity contribution is 5.75. The standard InChI is InChI=1S/C17H23NO2/c1-2-5-17(19)18-11-12-10-15(12)13-6-3-8-16-14(13)7-4-9-20-16/h3,6,8,12,15H,2,4-5,7,9-11H2,1H3,(H,18,19). The van der Waals surface area contributed by atoms with Crippen molar-refractivity contribution in [2.24, 2.45) is 5.92 Å². The molecule has 1 fully saturated rings. The summed E-state index contributed by atoms with van der Waals surface area (Å²) in [5.74, 6) is 2.50. The fraction of sp³-hybridized carbons (Fsp3) is 0.588. The minimum absolute atomic E-state index is 0.191. The number of hydrogen-bond donors (Lipinski definition) is 1. The molecule has 20 heavy (non-hydrogen) atoms. The van der Waals surface area contributed by atoms with Crippen molar-refractivity contribution in [3.63, 3.8) is 0 Å². The van der Waals surface area contributed by atoms with Crippen molar-refractivity contribution < 1.29 is 9.53 Å². The lowest BCUT2D eigenvalue weighted by Crippen LogP contribution is -2.25. The van der Waals surface area contributed by atoms with Crippen molar-refractivity contribution in [3.8, 4) is 5.75 Å². The normalized spacial score (nSPS) is 23.6. The van der Waals surface area contributed by atoms with Gasteiger partial charge in [-0.3, -0.25) is 4.79 Å². The Labute approximate surface area is 120 Å². The molecule has 2 atom stereocenters. The van der Waals surface area contributed by atoms with Crippen molar-refractivity contribution in [3.05, 3.63) is 29.3 Å². The number of ether oxygens (including phenoxy) is 1. The van der Waals surface area contributed by atoms with E-state index in [4.69, 9.17) is 4.74 Å². The lowest BCUT2D eigenvalue weighted by molar-refractivity contribution is -0.121. The van der Waals surface area contributed by atoms with Crippen LogP contribution in [0.4, 0.5) is 0 Å². The first kappa shape index (κ1) is 13.5. The van der Waals surface area contributed by atoms with E-state index in [1.807, 2.05) is 6.92 Å². The van der Waals surface area contributed by atoms with Gasteiger partial charge in [0.25, 0.3) is 0 Å². The van der Waals surface area contributed by atoms with Crippen LogP contribution in [0.2, 0.25) is 0 Å². The number of amides is 1. The van der Waals surface area contributed by atoms with E-state index in [1.165, 1.54) is 17.5 Å². The fourth-order valence-corrected chi connectivity index (χ4v) is 3.18. The quantitative estimate of drug-likeness (QED) is 0.895. The van der Waals surface area contributed by atoms with Gasteiger partial charge in [-0.15, -0.1) is 0 Å². The van der Waals surface area contributed by atoms with Crippen LogP contribution in [0, 0.1) is 5.92 Å². The highest BCUT2D eigenvalue weighted by atomic mass is 16.5. The first-order valence-corrected chi connectivity index (χ1v) is 7.81. The summed E-state index contributed by atoms with van der Waals surface area (Å²) in [6.45, 7) is 3.71. The van der Waals surface area contributed by atoms with Crippen LogP contribution in [0.1, 0.15) is 49.7 Å². The van der Waals surface area contributed by atoms with Gasteiger partial charge in [0.15, 0.2) is 0 Å². The van der Waals surface area contributed by atoms with Gasteiger partial charge in [-0.05, 0) is 54.7 Å². The van der Waals surface area contributed by atoms with Crippen LogP contribution < -0.4 is 10.1 Å². The molecule has 1 heterocycles. The Morgan fingerprint density at radius 2 is 2.35 bits per heavy atom. The third kappa shape index (κ3) is 2.82. The van der Waals surface area contributed by atoms with E-state index in [0.29, 0.717) is 18.3 Å². The monoisotopic (exact) mass is 273 g/mol. The molecule has 1 aromatic rings. The summed E-state index contributed by atoms with van der Waals surface area (Å²) in [4.78, 5) is 11.5. The largest absolute Gasteiger partial charge is 0.493 e. The Balaban J connectivity index is 1.60. The molecular formula is C17H23NO2. The summed E-state index contributed by atoms with van der Waals surface area (Å²) in [6.07, 6.45) is 5.02. The molecule has 3 nitrogen and oxygen atoms in total. The van der Waals surface area contributed by atoms with Crippen LogP contribution in [0.15, 0.2) is 18.2 Å². The van der Waals surface area contributed by atoms with Crippen LogP contribution in [0.3, 0.4) is 0 Å². The second kappa shape index (κ2) is 5.86. The van der Waals surface area contributed by atoms with Gasteiger partial charge < -0.3 is 10.1 Å². The predicted molar refractivity (Wildman–Crippen MR) is 79.0 cm³/mol. The van der Waals surface area contributed by atoms with Gasteiger partial charge in [0.1, 0.15) is 5.75 Å². The van der Waals surface area contributed by atoms with E-state index in [0.717, 1.165) is 38.2 Å². The van der Waals surface area contributed by atoms with Gasteiger partial charge >= 0.3 is 0 Å². The fourth-order valence-electron chi connectivity index (χ4n) is 3.18. The smallest absolute Gasteiger partial charge is 0.219 e. The average molecular weight is 273 g/mol. The van der Waals surface area contributed by atoms with Crippen LogP contribution in [-0.2, 0) is 11.2 Å². The lowest BCUT2D eigenvalue weighted by Gasteiger charge is -2.20. The number of nitrogens with one attached hydrogen (secondary N) is 1. The molecule has 2 unspecified atom stereocenters. The van der Waals surface area contributed by atoms with Crippen LogP contribution in [0.25, 0.3) is 0 Å². The van der Waals surface area contributed by atoms with Gasteiger partial charge in [0.2, 0.25) is 5.91 Å². The molecule has 3 heteroatoms. The second-order valence-electron chi connectivity index (χ2n) is 5.93. The highest BCUT2D eigenvalue weighted by Crippen LogP contribution is 2.50. The first-order valence-electron chi connectivity index (χ1n) is 7.81. The van der Waals surface area contributed by atoms with Gasteiger partial charge in [-0.25, -0.2) is 0 Å². The van der Waals surface area contributed by atoms with Gasteiger partial charge in [-0.1, -0.05) is 19.1 Å². The molecule has 1 saturated carbocycles. The minimum Gasteiger partial charge on any atom is -0.493 e. The van der Waals surface area contributed by atoms with Gasteiger partial charge in [0, 0.05) is 13.0 Å². The van der Waals surface area contributed by atoms with E-state index in [1.54, 1.807) is 0 Å². The molecule has 0 bridgehead atoms. The Morgan fingerprint density at radius 3 is 3.20 bits per heavy atom. The van der Waals surface area contributed by atoms with Crippen LogP contribution in [-0.4, -0.2) is 19.1 Å².